The van der Waals surface area contributed by atoms with Gasteiger partial charge in [-0.15, -0.1) is 0 Å². The van der Waals surface area contributed by atoms with Gasteiger partial charge < -0.3 is 9.47 Å². The SMILES string of the molecule is CCC(C)(OC)C(=O)c1cncc(OC)c1. The predicted octanol–water partition coefficient (Wildman–Crippen LogP) is 2.09. The summed E-state index contributed by atoms with van der Waals surface area (Å²) in [6.45, 7) is 3.68. The van der Waals surface area contributed by atoms with Crippen LogP contribution in [0.15, 0.2) is 18.5 Å². The number of carbonyl (C=O) groups is 1. The van der Waals surface area contributed by atoms with Crippen molar-refractivity contribution in [2.45, 2.75) is 25.9 Å². The number of nitrogens with zero attached hydrogens (tertiary/aromatic N) is 1. The fourth-order valence-corrected chi connectivity index (χ4v) is 1.36. The summed E-state index contributed by atoms with van der Waals surface area (Å²) in [7, 11) is 3.08. The van der Waals surface area contributed by atoms with Crippen LogP contribution in [-0.4, -0.2) is 30.6 Å². The number of carbonyl (C=O) groups excluding carboxylic acids is 1. The second-order valence-electron chi connectivity index (χ2n) is 3.73. The highest BCUT2D eigenvalue weighted by Crippen LogP contribution is 2.22. The van der Waals surface area contributed by atoms with Crippen molar-refractivity contribution in [2.75, 3.05) is 14.2 Å². The van der Waals surface area contributed by atoms with Crippen LogP contribution in [0.2, 0.25) is 0 Å². The first-order valence-corrected chi connectivity index (χ1v) is 5.16. The minimum Gasteiger partial charge on any atom is -0.495 e. The van der Waals surface area contributed by atoms with Gasteiger partial charge in [0.1, 0.15) is 11.4 Å². The molecule has 1 atom stereocenters. The number of methoxy groups -OCH3 is 2. The molecule has 4 nitrogen and oxygen atoms in total. The van der Waals surface area contributed by atoms with Crippen LogP contribution in [0.25, 0.3) is 0 Å². The average Bonchev–Trinajstić information content (AvgIpc) is 2.37. The zero-order chi connectivity index (χ0) is 12.2. The zero-order valence-corrected chi connectivity index (χ0v) is 10.1. The maximum Gasteiger partial charge on any atom is 0.195 e. The molecule has 1 aromatic rings. The first-order chi connectivity index (χ1) is 7.57. The van der Waals surface area contributed by atoms with E-state index in [-0.39, 0.29) is 5.78 Å². The molecule has 0 saturated carbocycles. The van der Waals surface area contributed by atoms with E-state index in [1.54, 1.807) is 26.3 Å². The van der Waals surface area contributed by atoms with Gasteiger partial charge >= 0.3 is 0 Å². The van der Waals surface area contributed by atoms with E-state index >= 15 is 0 Å². The minimum absolute atomic E-state index is 0.0797. The van der Waals surface area contributed by atoms with Crippen LogP contribution in [0.5, 0.6) is 5.75 Å². The summed E-state index contributed by atoms with van der Waals surface area (Å²) in [5.74, 6) is 0.490. The Balaban J connectivity index is 3.04. The van der Waals surface area contributed by atoms with Gasteiger partial charge in [0.2, 0.25) is 0 Å². The number of ketones is 1. The van der Waals surface area contributed by atoms with Crippen LogP contribution >= 0.6 is 0 Å². The normalized spacial score (nSPS) is 14.2. The molecule has 0 N–H and O–H groups in total. The van der Waals surface area contributed by atoms with E-state index in [9.17, 15) is 4.79 Å². The Morgan fingerprint density at radius 2 is 2.12 bits per heavy atom. The molecule has 0 aromatic carbocycles. The number of aromatic nitrogens is 1. The molecule has 0 bridgehead atoms. The highest BCUT2D eigenvalue weighted by atomic mass is 16.5. The molecule has 88 valence electrons. The second-order valence-corrected chi connectivity index (χ2v) is 3.73. The monoisotopic (exact) mass is 223 g/mol. The lowest BCUT2D eigenvalue weighted by Crippen LogP contribution is -2.36. The van der Waals surface area contributed by atoms with Crippen molar-refractivity contribution in [3.05, 3.63) is 24.0 Å². The Kier molecular flexibility index (Phi) is 4.01. The van der Waals surface area contributed by atoms with Gasteiger partial charge in [0.05, 0.1) is 13.3 Å². The smallest absolute Gasteiger partial charge is 0.195 e. The van der Waals surface area contributed by atoms with Crippen molar-refractivity contribution in [1.82, 2.24) is 4.98 Å². The molecule has 4 heteroatoms. The average molecular weight is 223 g/mol. The molecule has 0 aliphatic carbocycles. The molecule has 0 aliphatic heterocycles. The lowest BCUT2D eigenvalue weighted by molar-refractivity contribution is 0.0105. The van der Waals surface area contributed by atoms with E-state index in [0.29, 0.717) is 17.7 Å². The Morgan fingerprint density at radius 1 is 1.44 bits per heavy atom. The molecule has 0 amide bonds. The molecule has 1 rings (SSSR count). The van der Waals surface area contributed by atoms with Crippen molar-refractivity contribution in [3.8, 4) is 5.75 Å². The molecular weight excluding hydrogens is 206 g/mol. The fraction of sp³-hybridized carbons (Fsp3) is 0.500. The molecule has 16 heavy (non-hydrogen) atoms. The third-order valence-corrected chi connectivity index (χ3v) is 2.82. The number of hydrogen-bond acceptors (Lipinski definition) is 4. The molecule has 0 aliphatic rings. The Labute approximate surface area is 95.6 Å². The highest BCUT2D eigenvalue weighted by molar-refractivity contribution is 6.02. The summed E-state index contributed by atoms with van der Waals surface area (Å²) < 4.78 is 10.3. The van der Waals surface area contributed by atoms with Gasteiger partial charge in [0.25, 0.3) is 0 Å². The summed E-state index contributed by atoms with van der Waals surface area (Å²) in [6, 6.07) is 1.67. The second kappa shape index (κ2) is 5.07. The van der Waals surface area contributed by atoms with Gasteiger partial charge in [0, 0.05) is 18.9 Å². The van der Waals surface area contributed by atoms with Gasteiger partial charge in [0.15, 0.2) is 5.78 Å². The Morgan fingerprint density at radius 3 is 2.62 bits per heavy atom. The van der Waals surface area contributed by atoms with Gasteiger partial charge in [-0.25, -0.2) is 0 Å². The van der Waals surface area contributed by atoms with Crippen molar-refractivity contribution in [1.29, 1.82) is 0 Å². The van der Waals surface area contributed by atoms with E-state index in [2.05, 4.69) is 4.98 Å². The third kappa shape index (κ3) is 2.39. The number of hydrogen-bond donors (Lipinski definition) is 0. The van der Waals surface area contributed by atoms with Crippen LogP contribution in [0.4, 0.5) is 0 Å². The number of ether oxygens (including phenoxy) is 2. The van der Waals surface area contributed by atoms with E-state index < -0.39 is 5.60 Å². The van der Waals surface area contributed by atoms with Crippen LogP contribution in [0.3, 0.4) is 0 Å². The van der Waals surface area contributed by atoms with Crippen molar-refractivity contribution in [3.63, 3.8) is 0 Å². The maximum atomic E-state index is 12.2. The minimum atomic E-state index is -0.798. The van der Waals surface area contributed by atoms with Gasteiger partial charge in [-0.05, 0) is 19.4 Å². The number of Topliss-reactive ketones (excluding diaryl/α,β-unsaturated/α-hetero) is 1. The number of rotatable bonds is 5. The van der Waals surface area contributed by atoms with Crippen LogP contribution in [-0.2, 0) is 4.74 Å². The molecular formula is C12H17NO3. The van der Waals surface area contributed by atoms with E-state index in [0.717, 1.165) is 0 Å². The summed E-state index contributed by atoms with van der Waals surface area (Å²) in [5.41, 5.74) is -0.292. The summed E-state index contributed by atoms with van der Waals surface area (Å²) in [4.78, 5) is 16.1. The Hall–Kier alpha value is -1.42. The maximum absolute atomic E-state index is 12.2. The van der Waals surface area contributed by atoms with E-state index in [1.165, 1.54) is 13.3 Å². The fourth-order valence-electron chi connectivity index (χ4n) is 1.36. The van der Waals surface area contributed by atoms with Crippen molar-refractivity contribution < 1.29 is 14.3 Å². The lowest BCUT2D eigenvalue weighted by Gasteiger charge is -2.24. The summed E-state index contributed by atoms with van der Waals surface area (Å²) >= 11 is 0. The van der Waals surface area contributed by atoms with Crippen LogP contribution < -0.4 is 4.74 Å². The van der Waals surface area contributed by atoms with Crippen LogP contribution in [0, 0.1) is 0 Å². The molecule has 0 spiro atoms. The molecule has 0 saturated heterocycles. The third-order valence-electron chi connectivity index (χ3n) is 2.82. The van der Waals surface area contributed by atoms with Crippen molar-refractivity contribution in [2.24, 2.45) is 0 Å². The topological polar surface area (TPSA) is 48.4 Å². The zero-order valence-electron chi connectivity index (χ0n) is 10.1. The molecule has 1 unspecified atom stereocenters. The van der Waals surface area contributed by atoms with E-state index in [4.69, 9.17) is 9.47 Å². The molecule has 0 fully saturated rings. The summed E-state index contributed by atoms with van der Waals surface area (Å²) in [6.07, 6.45) is 3.70. The Bertz CT molecular complexity index is 372. The largest absolute Gasteiger partial charge is 0.495 e. The standard InChI is InChI=1S/C12H17NO3/c1-5-12(2,16-4)11(14)9-6-10(15-3)8-13-7-9/h6-8H,5H2,1-4H3. The quantitative estimate of drug-likeness (QED) is 0.717. The van der Waals surface area contributed by atoms with Crippen molar-refractivity contribution >= 4 is 5.78 Å². The van der Waals surface area contributed by atoms with Gasteiger partial charge in [-0.2, -0.15) is 0 Å². The highest BCUT2D eigenvalue weighted by Gasteiger charge is 2.32. The first-order valence-electron chi connectivity index (χ1n) is 5.16. The van der Waals surface area contributed by atoms with Gasteiger partial charge in [-0.1, -0.05) is 6.92 Å². The predicted molar refractivity (Wildman–Crippen MR) is 60.8 cm³/mol. The van der Waals surface area contributed by atoms with Gasteiger partial charge in [-0.3, -0.25) is 9.78 Å². The van der Waals surface area contributed by atoms with E-state index in [1.807, 2.05) is 6.92 Å². The lowest BCUT2D eigenvalue weighted by atomic mass is 9.93. The number of pyridine rings is 1. The van der Waals surface area contributed by atoms with Crippen LogP contribution in [0.1, 0.15) is 30.6 Å². The first kappa shape index (κ1) is 12.6. The molecule has 1 aromatic heterocycles. The molecule has 1 heterocycles. The molecule has 0 radical (unpaired) electrons. The summed E-state index contributed by atoms with van der Waals surface area (Å²) in [5, 5.41) is 0.